The summed E-state index contributed by atoms with van der Waals surface area (Å²) in [6.07, 6.45) is 1.81. The van der Waals surface area contributed by atoms with Crippen LogP contribution in [0.3, 0.4) is 0 Å². The summed E-state index contributed by atoms with van der Waals surface area (Å²) in [6.45, 7) is 6.14. The number of rotatable bonds is 3. The van der Waals surface area contributed by atoms with Crippen molar-refractivity contribution in [3.63, 3.8) is 0 Å². The molecule has 0 saturated heterocycles. The van der Waals surface area contributed by atoms with E-state index in [0.29, 0.717) is 23.5 Å². The fourth-order valence-corrected chi connectivity index (χ4v) is 3.45. The van der Waals surface area contributed by atoms with Crippen molar-refractivity contribution < 1.29 is 4.39 Å². The van der Waals surface area contributed by atoms with Crippen LogP contribution in [-0.4, -0.2) is 23.1 Å². The van der Waals surface area contributed by atoms with Crippen molar-refractivity contribution >= 4 is 16.9 Å². The standard InChI is InChI=1S/C19H20FN5O2/c1-11(2)9-24-17(26)15-16(22(4)19(24)27)21-18-23(15)10-12(3)25(18)14-7-5-13(20)6-8-14/h5-8,10-11H,9H2,1-4H3. The minimum atomic E-state index is -0.382. The Hall–Kier alpha value is -3.16. The van der Waals surface area contributed by atoms with Gasteiger partial charge in [-0.3, -0.25) is 22.9 Å². The van der Waals surface area contributed by atoms with Crippen molar-refractivity contribution in [1.29, 1.82) is 0 Å². The molecular weight excluding hydrogens is 349 g/mol. The Bertz CT molecular complexity index is 1290. The highest BCUT2D eigenvalue weighted by atomic mass is 19.1. The van der Waals surface area contributed by atoms with E-state index in [2.05, 4.69) is 4.98 Å². The van der Waals surface area contributed by atoms with Crippen LogP contribution in [0.5, 0.6) is 0 Å². The van der Waals surface area contributed by atoms with Gasteiger partial charge in [0.25, 0.3) is 5.56 Å². The fourth-order valence-electron chi connectivity index (χ4n) is 3.45. The molecule has 0 aliphatic rings. The molecular formula is C19H20FN5O2. The van der Waals surface area contributed by atoms with Gasteiger partial charge in [-0.15, -0.1) is 0 Å². The molecule has 140 valence electrons. The molecule has 0 amide bonds. The monoisotopic (exact) mass is 369 g/mol. The summed E-state index contributed by atoms with van der Waals surface area (Å²) < 4.78 is 19.5. The average molecular weight is 369 g/mol. The molecule has 0 bridgehead atoms. The molecule has 8 heteroatoms. The third-order valence-electron chi connectivity index (χ3n) is 4.66. The minimum Gasteiger partial charge on any atom is -0.283 e. The highest BCUT2D eigenvalue weighted by Gasteiger charge is 2.21. The lowest BCUT2D eigenvalue weighted by Crippen LogP contribution is -2.40. The number of hydrogen-bond donors (Lipinski definition) is 0. The SMILES string of the molecule is Cc1cn2c3c(=O)n(CC(C)C)c(=O)n(C)c3nc2n1-c1ccc(F)cc1. The Morgan fingerprint density at radius 3 is 2.44 bits per heavy atom. The summed E-state index contributed by atoms with van der Waals surface area (Å²) in [5.41, 5.74) is 1.52. The van der Waals surface area contributed by atoms with Gasteiger partial charge >= 0.3 is 5.69 Å². The van der Waals surface area contributed by atoms with Gasteiger partial charge in [-0.1, -0.05) is 13.8 Å². The molecule has 0 unspecified atom stereocenters. The first kappa shape index (κ1) is 17.3. The lowest BCUT2D eigenvalue weighted by Gasteiger charge is -2.09. The average Bonchev–Trinajstić information content (AvgIpc) is 3.12. The maximum atomic E-state index is 13.3. The summed E-state index contributed by atoms with van der Waals surface area (Å²) >= 11 is 0. The first-order valence-electron chi connectivity index (χ1n) is 8.75. The van der Waals surface area contributed by atoms with Crippen molar-refractivity contribution in [2.45, 2.75) is 27.3 Å². The van der Waals surface area contributed by atoms with Gasteiger partial charge in [0.1, 0.15) is 5.82 Å². The number of nitrogens with zero attached hydrogens (tertiary/aromatic N) is 5. The maximum absolute atomic E-state index is 13.3. The van der Waals surface area contributed by atoms with Gasteiger partial charge in [-0.05, 0) is 37.1 Å². The van der Waals surface area contributed by atoms with Crippen molar-refractivity contribution in [3.05, 3.63) is 62.8 Å². The normalized spacial score (nSPS) is 11.9. The van der Waals surface area contributed by atoms with Gasteiger partial charge in [0.2, 0.25) is 5.78 Å². The molecule has 1 aromatic carbocycles. The highest BCUT2D eigenvalue weighted by molar-refractivity contribution is 5.76. The molecule has 4 aromatic rings. The molecule has 4 rings (SSSR count). The molecule has 0 aliphatic carbocycles. The smallest absolute Gasteiger partial charge is 0.283 e. The van der Waals surface area contributed by atoms with Crippen LogP contribution in [0.25, 0.3) is 22.6 Å². The first-order valence-corrected chi connectivity index (χ1v) is 8.75. The maximum Gasteiger partial charge on any atom is 0.332 e. The fraction of sp³-hybridized carbons (Fsp3) is 0.316. The molecule has 3 heterocycles. The predicted octanol–water partition coefficient (Wildman–Crippen LogP) is 2.24. The summed E-state index contributed by atoms with van der Waals surface area (Å²) in [7, 11) is 1.61. The Morgan fingerprint density at radius 2 is 1.81 bits per heavy atom. The summed E-state index contributed by atoms with van der Waals surface area (Å²) in [4.78, 5) is 30.2. The first-order chi connectivity index (χ1) is 12.8. The van der Waals surface area contributed by atoms with Crippen LogP contribution in [0.2, 0.25) is 0 Å². The van der Waals surface area contributed by atoms with Crippen molar-refractivity contribution in [2.24, 2.45) is 13.0 Å². The van der Waals surface area contributed by atoms with E-state index in [9.17, 15) is 14.0 Å². The number of imidazole rings is 2. The van der Waals surface area contributed by atoms with Gasteiger partial charge in [0.15, 0.2) is 11.2 Å². The third-order valence-corrected chi connectivity index (χ3v) is 4.66. The van der Waals surface area contributed by atoms with Crippen LogP contribution in [0.4, 0.5) is 4.39 Å². The van der Waals surface area contributed by atoms with Crippen LogP contribution in [0.1, 0.15) is 19.5 Å². The summed E-state index contributed by atoms with van der Waals surface area (Å²) in [6, 6.07) is 6.05. The summed E-state index contributed by atoms with van der Waals surface area (Å²) in [5, 5.41) is 0. The molecule has 0 spiro atoms. The highest BCUT2D eigenvalue weighted by Crippen LogP contribution is 2.21. The number of aryl methyl sites for hydroxylation is 2. The number of fused-ring (bicyclic) bond motifs is 3. The lowest BCUT2D eigenvalue weighted by atomic mass is 10.2. The van der Waals surface area contributed by atoms with Crippen LogP contribution in [-0.2, 0) is 13.6 Å². The zero-order chi connectivity index (χ0) is 19.5. The molecule has 7 nitrogen and oxygen atoms in total. The molecule has 27 heavy (non-hydrogen) atoms. The molecule has 0 aliphatic heterocycles. The second-order valence-electron chi connectivity index (χ2n) is 7.19. The second kappa shape index (κ2) is 5.94. The van der Waals surface area contributed by atoms with Gasteiger partial charge in [-0.2, -0.15) is 4.98 Å². The Labute approximate surface area is 153 Å². The van der Waals surface area contributed by atoms with Gasteiger partial charge in [-0.25, -0.2) is 9.18 Å². The second-order valence-corrected chi connectivity index (χ2v) is 7.19. The van der Waals surface area contributed by atoms with E-state index in [4.69, 9.17) is 0 Å². The van der Waals surface area contributed by atoms with Crippen molar-refractivity contribution in [1.82, 2.24) is 23.1 Å². The van der Waals surface area contributed by atoms with Gasteiger partial charge < -0.3 is 0 Å². The minimum absolute atomic E-state index is 0.154. The number of benzene rings is 1. The van der Waals surface area contributed by atoms with E-state index in [1.807, 2.05) is 25.3 Å². The van der Waals surface area contributed by atoms with E-state index >= 15 is 0 Å². The van der Waals surface area contributed by atoms with E-state index in [-0.39, 0.29) is 23.0 Å². The van der Waals surface area contributed by atoms with Crippen LogP contribution >= 0.6 is 0 Å². The summed E-state index contributed by atoms with van der Waals surface area (Å²) in [5.74, 6) is 0.331. The topological polar surface area (TPSA) is 66.2 Å². The molecule has 0 saturated carbocycles. The largest absolute Gasteiger partial charge is 0.332 e. The number of halogens is 1. The predicted molar refractivity (Wildman–Crippen MR) is 101 cm³/mol. The van der Waals surface area contributed by atoms with E-state index in [1.165, 1.54) is 21.3 Å². The number of hydrogen-bond acceptors (Lipinski definition) is 3. The van der Waals surface area contributed by atoms with E-state index in [1.54, 1.807) is 29.8 Å². The Kier molecular flexibility index (Phi) is 3.80. The quantitative estimate of drug-likeness (QED) is 0.556. The van der Waals surface area contributed by atoms with Crippen molar-refractivity contribution in [3.8, 4) is 5.69 Å². The van der Waals surface area contributed by atoms with Crippen LogP contribution in [0.15, 0.2) is 40.1 Å². The van der Waals surface area contributed by atoms with Gasteiger partial charge in [0, 0.05) is 31.2 Å². The van der Waals surface area contributed by atoms with Crippen molar-refractivity contribution in [2.75, 3.05) is 0 Å². The zero-order valence-corrected chi connectivity index (χ0v) is 15.6. The molecule has 0 N–H and O–H groups in total. The molecule has 3 aromatic heterocycles. The van der Waals surface area contributed by atoms with Crippen LogP contribution in [0, 0.1) is 18.7 Å². The Morgan fingerprint density at radius 1 is 1.15 bits per heavy atom. The van der Waals surface area contributed by atoms with E-state index < -0.39 is 0 Å². The molecule has 0 fully saturated rings. The zero-order valence-electron chi connectivity index (χ0n) is 15.6. The number of aromatic nitrogens is 5. The lowest BCUT2D eigenvalue weighted by molar-refractivity contribution is 0.484. The molecule has 0 atom stereocenters. The van der Waals surface area contributed by atoms with E-state index in [0.717, 1.165) is 11.4 Å². The molecule has 0 radical (unpaired) electrons. The van der Waals surface area contributed by atoms with Crippen LogP contribution < -0.4 is 11.2 Å². The Balaban J connectivity index is 2.10. The van der Waals surface area contributed by atoms with Gasteiger partial charge in [0.05, 0.1) is 0 Å². The third kappa shape index (κ3) is 2.51.